The SMILES string of the molecule is Cc1ccc(C2CCNCC2)cc1C(=O)NC1CCOCC1.Cl. The molecule has 0 aliphatic carbocycles. The lowest BCUT2D eigenvalue weighted by Gasteiger charge is -2.25. The average molecular weight is 339 g/mol. The van der Waals surface area contributed by atoms with Crippen molar-refractivity contribution in [2.75, 3.05) is 26.3 Å². The molecule has 1 amide bonds. The summed E-state index contributed by atoms with van der Waals surface area (Å²) in [7, 11) is 0. The molecule has 0 aromatic heterocycles. The van der Waals surface area contributed by atoms with Gasteiger partial charge in [0.05, 0.1) is 0 Å². The van der Waals surface area contributed by atoms with Crippen molar-refractivity contribution < 1.29 is 9.53 Å². The molecule has 3 rings (SSSR count). The molecule has 2 aliphatic heterocycles. The van der Waals surface area contributed by atoms with Crippen LogP contribution in [-0.4, -0.2) is 38.3 Å². The highest BCUT2D eigenvalue weighted by Gasteiger charge is 2.20. The molecule has 0 bridgehead atoms. The quantitative estimate of drug-likeness (QED) is 0.891. The first-order chi connectivity index (χ1) is 10.7. The van der Waals surface area contributed by atoms with Crippen LogP contribution >= 0.6 is 12.4 Å². The molecular formula is C18H27ClN2O2. The summed E-state index contributed by atoms with van der Waals surface area (Å²) in [5.74, 6) is 0.650. The van der Waals surface area contributed by atoms with Gasteiger partial charge in [-0.05, 0) is 68.8 Å². The second-order valence-corrected chi connectivity index (χ2v) is 6.46. The zero-order chi connectivity index (χ0) is 15.4. The van der Waals surface area contributed by atoms with Gasteiger partial charge in [0.25, 0.3) is 5.91 Å². The van der Waals surface area contributed by atoms with Crippen molar-refractivity contribution in [1.82, 2.24) is 10.6 Å². The fraction of sp³-hybridized carbons (Fsp3) is 0.611. The van der Waals surface area contributed by atoms with Gasteiger partial charge in [0.1, 0.15) is 0 Å². The summed E-state index contributed by atoms with van der Waals surface area (Å²) in [6.45, 7) is 5.66. The van der Waals surface area contributed by atoms with Crippen molar-refractivity contribution in [2.24, 2.45) is 0 Å². The van der Waals surface area contributed by atoms with Gasteiger partial charge in [-0.25, -0.2) is 0 Å². The van der Waals surface area contributed by atoms with Gasteiger partial charge in [-0.1, -0.05) is 12.1 Å². The second-order valence-electron chi connectivity index (χ2n) is 6.46. The Morgan fingerprint density at radius 3 is 2.57 bits per heavy atom. The van der Waals surface area contributed by atoms with Gasteiger partial charge in [0, 0.05) is 24.8 Å². The third kappa shape index (κ3) is 4.69. The van der Waals surface area contributed by atoms with Crippen LogP contribution in [0.25, 0.3) is 0 Å². The number of piperidine rings is 1. The normalized spacial score (nSPS) is 19.9. The van der Waals surface area contributed by atoms with Crippen LogP contribution in [0.1, 0.15) is 53.1 Å². The van der Waals surface area contributed by atoms with Gasteiger partial charge in [-0.15, -0.1) is 12.4 Å². The summed E-state index contributed by atoms with van der Waals surface area (Å²) in [6.07, 6.45) is 4.14. The summed E-state index contributed by atoms with van der Waals surface area (Å²) < 4.78 is 5.35. The van der Waals surface area contributed by atoms with Gasteiger partial charge in [-0.2, -0.15) is 0 Å². The lowest BCUT2D eigenvalue weighted by Crippen LogP contribution is -2.39. The minimum atomic E-state index is 0. The van der Waals surface area contributed by atoms with Crippen LogP contribution in [0.2, 0.25) is 0 Å². The van der Waals surface area contributed by atoms with E-state index in [2.05, 4.69) is 28.8 Å². The molecule has 0 unspecified atom stereocenters. The third-order valence-electron chi connectivity index (χ3n) is 4.87. The van der Waals surface area contributed by atoms with Crippen LogP contribution in [0.15, 0.2) is 18.2 Å². The van der Waals surface area contributed by atoms with Gasteiger partial charge in [0.15, 0.2) is 0 Å². The molecule has 0 atom stereocenters. The maximum absolute atomic E-state index is 12.6. The van der Waals surface area contributed by atoms with E-state index in [1.807, 2.05) is 6.92 Å². The van der Waals surface area contributed by atoms with Crippen molar-refractivity contribution in [3.63, 3.8) is 0 Å². The summed E-state index contributed by atoms with van der Waals surface area (Å²) in [5, 5.41) is 6.57. The number of hydrogen-bond donors (Lipinski definition) is 2. The number of nitrogens with one attached hydrogen (secondary N) is 2. The average Bonchev–Trinajstić information content (AvgIpc) is 2.57. The van der Waals surface area contributed by atoms with Crippen molar-refractivity contribution in [3.8, 4) is 0 Å². The standard InChI is InChI=1S/C18H26N2O2.ClH/c1-13-2-3-15(14-4-8-19-9-5-14)12-17(13)18(21)20-16-6-10-22-11-7-16;/h2-3,12,14,16,19H,4-11H2,1H3,(H,20,21);1H. The van der Waals surface area contributed by atoms with Crippen molar-refractivity contribution in [1.29, 1.82) is 0 Å². The molecule has 1 aromatic rings. The molecule has 2 fully saturated rings. The molecule has 4 nitrogen and oxygen atoms in total. The molecule has 5 heteroatoms. The molecule has 1 aromatic carbocycles. The highest BCUT2D eigenvalue weighted by atomic mass is 35.5. The summed E-state index contributed by atoms with van der Waals surface area (Å²) >= 11 is 0. The Balaban J connectivity index is 0.00000192. The van der Waals surface area contributed by atoms with E-state index in [0.717, 1.165) is 63.1 Å². The largest absolute Gasteiger partial charge is 0.381 e. The predicted octanol–water partition coefficient (Wildman–Crippen LogP) is 2.79. The highest BCUT2D eigenvalue weighted by molar-refractivity contribution is 5.96. The molecule has 2 N–H and O–H groups in total. The van der Waals surface area contributed by atoms with Gasteiger partial charge in [0.2, 0.25) is 0 Å². The number of carbonyl (C=O) groups excluding carboxylic acids is 1. The first kappa shape index (κ1) is 18.2. The maximum atomic E-state index is 12.6. The van der Waals surface area contributed by atoms with E-state index in [4.69, 9.17) is 4.74 Å². The Hall–Kier alpha value is -1.10. The van der Waals surface area contributed by atoms with E-state index >= 15 is 0 Å². The summed E-state index contributed by atoms with van der Waals surface area (Å²) in [5.41, 5.74) is 3.20. The molecule has 2 aliphatic rings. The number of halogens is 1. The molecule has 23 heavy (non-hydrogen) atoms. The van der Waals surface area contributed by atoms with Gasteiger partial charge < -0.3 is 15.4 Å². The van der Waals surface area contributed by atoms with Crippen molar-refractivity contribution >= 4 is 18.3 Å². The van der Waals surface area contributed by atoms with E-state index in [1.54, 1.807) is 0 Å². The molecule has 128 valence electrons. The van der Waals surface area contributed by atoms with E-state index in [-0.39, 0.29) is 24.4 Å². The zero-order valence-corrected chi connectivity index (χ0v) is 14.6. The predicted molar refractivity (Wildman–Crippen MR) is 94.6 cm³/mol. The number of benzene rings is 1. The van der Waals surface area contributed by atoms with E-state index in [1.165, 1.54) is 5.56 Å². The summed E-state index contributed by atoms with van der Waals surface area (Å²) in [6, 6.07) is 6.65. The molecule has 2 heterocycles. The lowest BCUT2D eigenvalue weighted by molar-refractivity contribution is 0.0696. The number of aryl methyl sites for hydroxylation is 1. The van der Waals surface area contributed by atoms with Crippen molar-refractivity contribution in [3.05, 3.63) is 34.9 Å². The lowest BCUT2D eigenvalue weighted by atomic mass is 9.88. The maximum Gasteiger partial charge on any atom is 0.251 e. The molecular weight excluding hydrogens is 312 g/mol. The number of carbonyl (C=O) groups is 1. The number of amides is 1. The van der Waals surface area contributed by atoms with Crippen LogP contribution in [0.4, 0.5) is 0 Å². The summed E-state index contributed by atoms with van der Waals surface area (Å²) in [4.78, 5) is 12.6. The van der Waals surface area contributed by atoms with Crippen LogP contribution in [-0.2, 0) is 4.74 Å². The Morgan fingerprint density at radius 1 is 1.17 bits per heavy atom. The van der Waals surface area contributed by atoms with Crippen LogP contribution in [0.5, 0.6) is 0 Å². The second kappa shape index (κ2) is 8.67. The fourth-order valence-corrected chi connectivity index (χ4v) is 3.40. The monoisotopic (exact) mass is 338 g/mol. The minimum Gasteiger partial charge on any atom is -0.381 e. The zero-order valence-electron chi connectivity index (χ0n) is 13.8. The number of ether oxygens (including phenoxy) is 1. The molecule has 0 saturated carbocycles. The Morgan fingerprint density at radius 2 is 1.87 bits per heavy atom. The van der Waals surface area contributed by atoms with Crippen LogP contribution in [0, 0.1) is 6.92 Å². The van der Waals surface area contributed by atoms with Gasteiger partial charge in [-0.3, -0.25) is 4.79 Å². The topological polar surface area (TPSA) is 50.4 Å². The first-order valence-corrected chi connectivity index (χ1v) is 8.44. The first-order valence-electron chi connectivity index (χ1n) is 8.44. The smallest absolute Gasteiger partial charge is 0.251 e. The molecule has 0 spiro atoms. The van der Waals surface area contributed by atoms with E-state index in [9.17, 15) is 4.79 Å². The third-order valence-corrected chi connectivity index (χ3v) is 4.87. The van der Waals surface area contributed by atoms with Gasteiger partial charge >= 0.3 is 0 Å². The highest BCUT2D eigenvalue weighted by Crippen LogP contribution is 2.27. The van der Waals surface area contributed by atoms with E-state index < -0.39 is 0 Å². The molecule has 2 saturated heterocycles. The van der Waals surface area contributed by atoms with Crippen LogP contribution < -0.4 is 10.6 Å². The van der Waals surface area contributed by atoms with E-state index in [0.29, 0.717) is 5.92 Å². The fourth-order valence-electron chi connectivity index (χ4n) is 3.40. The minimum absolute atomic E-state index is 0. The number of hydrogen-bond acceptors (Lipinski definition) is 3. The van der Waals surface area contributed by atoms with Crippen molar-refractivity contribution in [2.45, 2.75) is 44.6 Å². The number of rotatable bonds is 3. The Kier molecular flexibility index (Phi) is 6.88. The Bertz CT molecular complexity index is 524. The van der Waals surface area contributed by atoms with Crippen LogP contribution in [0.3, 0.4) is 0 Å². The molecule has 0 radical (unpaired) electrons. The Labute approximate surface area is 144 Å².